The van der Waals surface area contributed by atoms with E-state index in [1.165, 1.54) is 12.8 Å². The number of nitrogens with two attached hydrogens (primary N) is 1. The van der Waals surface area contributed by atoms with Gasteiger partial charge in [0.2, 0.25) is 0 Å². The molecule has 2 aliphatic carbocycles. The fourth-order valence-corrected chi connectivity index (χ4v) is 2.95. The minimum Gasteiger partial charge on any atom is -0.328 e. The van der Waals surface area contributed by atoms with E-state index in [1.54, 1.807) is 0 Å². The Morgan fingerprint density at radius 2 is 1.72 bits per heavy atom. The molecule has 0 spiro atoms. The summed E-state index contributed by atoms with van der Waals surface area (Å²) in [6.45, 7) is 0. The highest BCUT2D eigenvalue weighted by Crippen LogP contribution is 2.24. The van der Waals surface area contributed by atoms with Crippen LogP contribution in [0.25, 0.3) is 0 Å². The molecule has 0 aromatic heterocycles. The van der Waals surface area contributed by atoms with Crippen LogP contribution in [0.2, 0.25) is 0 Å². The van der Waals surface area contributed by atoms with Gasteiger partial charge in [-0.25, -0.2) is 5.26 Å². The van der Waals surface area contributed by atoms with Crippen LogP contribution in [0.1, 0.15) is 51.4 Å². The van der Waals surface area contributed by atoms with Crippen molar-refractivity contribution in [2.75, 3.05) is 0 Å². The van der Waals surface area contributed by atoms with Crippen molar-refractivity contribution in [1.82, 2.24) is 5.48 Å². The van der Waals surface area contributed by atoms with Gasteiger partial charge < -0.3 is 5.73 Å². The summed E-state index contributed by atoms with van der Waals surface area (Å²) in [5.74, 6) is 0.640. The van der Waals surface area contributed by atoms with E-state index in [2.05, 4.69) is 16.7 Å². The topological polar surface area (TPSA) is 79.9 Å². The second-order valence-electron chi connectivity index (χ2n) is 5.69. The first-order valence-electron chi connectivity index (χ1n) is 7.12. The highest BCUT2D eigenvalue weighted by molar-refractivity contribution is 5.61. The first-order valence-corrected chi connectivity index (χ1v) is 7.12. The van der Waals surface area contributed by atoms with Gasteiger partial charge in [-0.2, -0.15) is 5.48 Å². The van der Waals surface area contributed by atoms with Crippen molar-refractivity contribution >= 4 is 6.21 Å². The molecule has 0 heterocycles. The van der Waals surface area contributed by atoms with Crippen molar-refractivity contribution in [3.8, 4) is 0 Å². The molecule has 18 heavy (non-hydrogen) atoms. The van der Waals surface area contributed by atoms with Crippen molar-refractivity contribution < 1.29 is 10.2 Å². The number of aliphatic imine (C=N–C) groups is 1. The Bertz CT molecular complexity index is 257. The molecule has 0 amide bonds. The molecule has 2 rings (SSSR count). The lowest BCUT2D eigenvalue weighted by Crippen LogP contribution is -2.33. The number of nitrogens with zero attached hydrogens (tertiary/aromatic N) is 1. The molecule has 5 heteroatoms. The Labute approximate surface area is 109 Å². The second kappa shape index (κ2) is 7.19. The average Bonchev–Trinajstić information content (AvgIpc) is 2.40. The maximum atomic E-state index is 8.33. The van der Waals surface area contributed by atoms with E-state index in [0.29, 0.717) is 18.0 Å². The first kappa shape index (κ1) is 13.9. The van der Waals surface area contributed by atoms with Crippen molar-refractivity contribution in [3.63, 3.8) is 0 Å². The van der Waals surface area contributed by atoms with Crippen LogP contribution in [-0.2, 0) is 4.99 Å². The third-order valence-electron chi connectivity index (χ3n) is 4.24. The van der Waals surface area contributed by atoms with Crippen molar-refractivity contribution in [3.05, 3.63) is 0 Å². The molecule has 4 N–H and O–H groups in total. The summed E-state index contributed by atoms with van der Waals surface area (Å²) >= 11 is 0. The molecule has 0 saturated heterocycles. The van der Waals surface area contributed by atoms with Crippen LogP contribution in [0, 0.1) is 5.92 Å². The molecule has 0 aliphatic heterocycles. The van der Waals surface area contributed by atoms with Gasteiger partial charge in [0, 0.05) is 24.3 Å². The fourth-order valence-electron chi connectivity index (χ4n) is 2.95. The van der Waals surface area contributed by atoms with Crippen LogP contribution in [0.4, 0.5) is 0 Å². The number of hydrogen-bond acceptors (Lipinski definition) is 5. The van der Waals surface area contributed by atoms with Crippen molar-refractivity contribution in [1.29, 1.82) is 0 Å². The van der Waals surface area contributed by atoms with Gasteiger partial charge in [0.1, 0.15) is 0 Å². The average molecular weight is 255 g/mol. The monoisotopic (exact) mass is 255 g/mol. The lowest BCUT2D eigenvalue weighted by atomic mass is 9.87. The van der Waals surface area contributed by atoms with E-state index in [4.69, 9.17) is 16.0 Å². The van der Waals surface area contributed by atoms with Crippen molar-refractivity contribution in [2.24, 2.45) is 16.6 Å². The molecule has 0 radical (unpaired) electrons. The van der Waals surface area contributed by atoms with E-state index in [9.17, 15) is 0 Å². The van der Waals surface area contributed by atoms with Gasteiger partial charge in [-0.15, -0.1) is 4.99 Å². The molecular weight excluding hydrogens is 230 g/mol. The van der Waals surface area contributed by atoms with Gasteiger partial charge in [-0.05, 0) is 57.3 Å². The second-order valence-corrected chi connectivity index (χ2v) is 5.69. The number of hydroxylamine groups is 1. The number of rotatable bonds is 4. The molecule has 0 atom stereocenters. The Morgan fingerprint density at radius 3 is 2.33 bits per heavy atom. The zero-order valence-corrected chi connectivity index (χ0v) is 10.9. The SMILES string of the molecule is NC1CCC(C=NC2CCC(NOO)CC2)CC1. The minimum atomic E-state index is 0.272. The number of nitrogens with one attached hydrogen (secondary N) is 1. The van der Waals surface area contributed by atoms with Gasteiger partial charge in [0.25, 0.3) is 0 Å². The van der Waals surface area contributed by atoms with Crippen LogP contribution in [0.3, 0.4) is 0 Å². The van der Waals surface area contributed by atoms with E-state index >= 15 is 0 Å². The summed E-state index contributed by atoms with van der Waals surface area (Å²) in [6.07, 6.45) is 11.0. The Kier molecular flexibility index (Phi) is 5.56. The normalized spacial score (nSPS) is 38.1. The van der Waals surface area contributed by atoms with Crippen molar-refractivity contribution in [2.45, 2.75) is 69.5 Å². The molecule has 0 unspecified atom stereocenters. The Morgan fingerprint density at radius 1 is 1.06 bits per heavy atom. The zero-order valence-electron chi connectivity index (χ0n) is 10.9. The van der Waals surface area contributed by atoms with Gasteiger partial charge >= 0.3 is 0 Å². The fraction of sp³-hybridized carbons (Fsp3) is 0.923. The summed E-state index contributed by atoms with van der Waals surface area (Å²) in [5.41, 5.74) is 8.50. The van der Waals surface area contributed by atoms with E-state index < -0.39 is 0 Å². The predicted molar refractivity (Wildman–Crippen MR) is 71.3 cm³/mol. The highest BCUT2D eigenvalue weighted by Gasteiger charge is 2.21. The maximum Gasteiger partial charge on any atom is 0.0497 e. The summed E-state index contributed by atoms with van der Waals surface area (Å²) in [6, 6.07) is 1.14. The first-order chi connectivity index (χ1) is 8.78. The zero-order chi connectivity index (χ0) is 12.8. The Balaban J connectivity index is 1.67. The third kappa shape index (κ3) is 4.31. The largest absolute Gasteiger partial charge is 0.328 e. The lowest BCUT2D eigenvalue weighted by molar-refractivity contribution is -0.300. The Hall–Kier alpha value is -0.490. The lowest BCUT2D eigenvalue weighted by Gasteiger charge is -2.27. The molecule has 2 fully saturated rings. The minimum absolute atomic E-state index is 0.272. The standard InChI is InChI=1S/C13H25N3O2/c14-11-3-1-10(2-4-11)9-15-12-5-7-13(8-6-12)16-18-17/h9-13,16-17H,1-8,14H2. The van der Waals surface area contributed by atoms with Crippen LogP contribution < -0.4 is 11.2 Å². The molecule has 2 saturated carbocycles. The van der Waals surface area contributed by atoms with Crippen LogP contribution in [0.15, 0.2) is 4.99 Å². The number of hydrogen-bond donors (Lipinski definition) is 3. The van der Waals surface area contributed by atoms with Gasteiger partial charge in [0.15, 0.2) is 0 Å². The molecule has 0 aromatic rings. The van der Waals surface area contributed by atoms with Crippen LogP contribution in [-0.4, -0.2) is 29.6 Å². The van der Waals surface area contributed by atoms with Crippen LogP contribution >= 0.6 is 0 Å². The van der Waals surface area contributed by atoms with Crippen LogP contribution in [0.5, 0.6) is 0 Å². The highest BCUT2D eigenvalue weighted by atomic mass is 17.2. The third-order valence-corrected chi connectivity index (χ3v) is 4.24. The summed E-state index contributed by atoms with van der Waals surface area (Å²) in [7, 11) is 0. The quantitative estimate of drug-likeness (QED) is 0.407. The predicted octanol–water partition coefficient (Wildman–Crippen LogP) is 1.88. The molecule has 0 bridgehead atoms. The molecular formula is C13H25N3O2. The van der Waals surface area contributed by atoms with E-state index in [-0.39, 0.29) is 6.04 Å². The molecule has 0 aromatic carbocycles. The van der Waals surface area contributed by atoms with E-state index in [1.807, 2.05) is 0 Å². The smallest absolute Gasteiger partial charge is 0.0497 e. The summed E-state index contributed by atoms with van der Waals surface area (Å²) in [4.78, 5) is 8.71. The molecule has 104 valence electrons. The van der Waals surface area contributed by atoms with Gasteiger partial charge in [-0.3, -0.25) is 4.99 Å². The summed E-state index contributed by atoms with van der Waals surface area (Å²) in [5, 5.41) is 8.33. The summed E-state index contributed by atoms with van der Waals surface area (Å²) < 4.78 is 0. The van der Waals surface area contributed by atoms with Gasteiger partial charge in [0.05, 0.1) is 0 Å². The maximum absolute atomic E-state index is 8.33. The molecule has 5 nitrogen and oxygen atoms in total. The molecule has 2 aliphatic rings. The van der Waals surface area contributed by atoms with E-state index in [0.717, 1.165) is 38.5 Å². The van der Waals surface area contributed by atoms with Gasteiger partial charge in [-0.1, -0.05) is 0 Å².